The average molecular weight is 547 g/mol. The van der Waals surface area contributed by atoms with Crippen molar-refractivity contribution < 1.29 is 41.7 Å². The van der Waals surface area contributed by atoms with Gasteiger partial charge in [-0.15, -0.1) is 0 Å². The molecule has 1 aliphatic heterocycles. The number of rotatable bonds is 9. The fourth-order valence-corrected chi connectivity index (χ4v) is 5.23. The number of sulfone groups is 1. The fraction of sp³-hybridized carbons (Fsp3) is 0.269. The molecule has 194 valence electrons. The lowest BCUT2D eigenvalue weighted by Gasteiger charge is -2.20. The molecule has 37 heavy (non-hydrogen) atoms. The summed E-state index contributed by atoms with van der Waals surface area (Å²) in [4.78, 5) is 38.9. The van der Waals surface area contributed by atoms with E-state index in [4.69, 9.17) is 30.5 Å². The first-order valence-electron chi connectivity index (χ1n) is 11.4. The van der Waals surface area contributed by atoms with Crippen LogP contribution in [0.2, 0.25) is 5.02 Å². The Kier molecular flexibility index (Phi) is 7.99. The molecule has 0 saturated carbocycles. The molecule has 4 rings (SSSR count). The van der Waals surface area contributed by atoms with E-state index in [1.807, 2.05) is 0 Å². The second-order valence-electron chi connectivity index (χ2n) is 8.30. The van der Waals surface area contributed by atoms with E-state index in [0.29, 0.717) is 6.42 Å². The molecule has 0 N–H and O–H groups in total. The monoisotopic (exact) mass is 546 g/mol. The first-order chi connectivity index (χ1) is 17.7. The maximum Gasteiger partial charge on any atom is 0.343 e. The number of allylic oxidation sites excluding steroid dienone is 2. The van der Waals surface area contributed by atoms with Gasteiger partial charge in [0, 0.05) is 19.1 Å². The van der Waals surface area contributed by atoms with Gasteiger partial charge in [-0.2, -0.15) is 0 Å². The Morgan fingerprint density at radius 3 is 2.43 bits per heavy atom. The molecule has 2 aliphatic rings. The van der Waals surface area contributed by atoms with E-state index in [9.17, 15) is 22.8 Å². The normalized spacial score (nSPS) is 15.8. The fourth-order valence-electron chi connectivity index (χ4n) is 3.86. The number of benzene rings is 2. The Morgan fingerprint density at radius 1 is 1.05 bits per heavy atom. The summed E-state index contributed by atoms with van der Waals surface area (Å²) in [5.74, 6) is -2.25. The van der Waals surface area contributed by atoms with E-state index in [1.165, 1.54) is 24.7 Å². The minimum absolute atomic E-state index is 0.0393. The zero-order valence-electron chi connectivity index (χ0n) is 19.8. The van der Waals surface area contributed by atoms with Gasteiger partial charge in [0.15, 0.2) is 15.6 Å². The molecule has 2 aromatic rings. The van der Waals surface area contributed by atoms with Crippen LogP contribution in [-0.4, -0.2) is 45.1 Å². The van der Waals surface area contributed by atoms with Crippen LogP contribution < -0.4 is 4.74 Å². The van der Waals surface area contributed by atoms with Crippen molar-refractivity contribution in [1.29, 1.82) is 0 Å². The van der Waals surface area contributed by atoms with Crippen LogP contribution in [0.5, 0.6) is 5.75 Å². The van der Waals surface area contributed by atoms with Crippen LogP contribution in [0.3, 0.4) is 0 Å². The smallest absolute Gasteiger partial charge is 0.343 e. The van der Waals surface area contributed by atoms with Crippen molar-refractivity contribution in [3.63, 3.8) is 0 Å². The SMILES string of the molecule is CS(=O)(=O)c1ccc(C(=O)C2=C(OC(=O)c3ccccc3)CCCC2=O)c(OCCC2OC=CO2)c1Cl. The molecule has 0 radical (unpaired) electrons. The van der Waals surface area contributed by atoms with Crippen molar-refractivity contribution in [3.8, 4) is 5.75 Å². The number of hydrogen-bond acceptors (Lipinski definition) is 9. The van der Waals surface area contributed by atoms with Gasteiger partial charge in [-0.25, -0.2) is 13.2 Å². The standard InChI is InChI=1S/C26H23ClO9S/c1-37(31,32)20-11-10-17(25(23(20)27)35-13-12-21-33-14-15-34-21)24(29)22-18(28)8-5-9-19(22)36-26(30)16-6-3-2-4-7-16/h2-4,6-7,10-11,14-15,21H,5,8-9,12-13H2,1H3. The number of hydrogen-bond donors (Lipinski definition) is 0. The molecular formula is C26H23ClO9S. The number of Topliss-reactive ketones (excluding diaryl/α,β-unsaturated/α-hetero) is 2. The van der Waals surface area contributed by atoms with Gasteiger partial charge in [0.2, 0.25) is 12.1 Å². The maximum absolute atomic E-state index is 13.7. The van der Waals surface area contributed by atoms with Crippen LogP contribution in [-0.2, 0) is 28.8 Å². The van der Waals surface area contributed by atoms with Crippen LogP contribution in [0.25, 0.3) is 0 Å². The third-order valence-electron chi connectivity index (χ3n) is 5.64. The molecule has 2 aromatic carbocycles. The van der Waals surface area contributed by atoms with Gasteiger partial charge in [0.05, 0.1) is 29.1 Å². The van der Waals surface area contributed by atoms with Crippen LogP contribution in [0.15, 0.2) is 71.2 Å². The minimum Gasteiger partial charge on any atom is -0.491 e. The molecule has 0 amide bonds. The highest BCUT2D eigenvalue weighted by Crippen LogP contribution is 2.38. The summed E-state index contributed by atoms with van der Waals surface area (Å²) in [6.45, 7) is -0.0393. The Balaban J connectivity index is 1.70. The lowest BCUT2D eigenvalue weighted by Crippen LogP contribution is -2.23. The van der Waals surface area contributed by atoms with E-state index >= 15 is 0 Å². The summed E-state index contributed by atoms with van der Waals surface area (Å²) in [7, 11) is -3.76. The van der Waals surface area contributed by atoms with Gasteiger partial charge < -0.3 is 18.9 Å². The predicted octanol–water partition coefficient (Wildman–Crippen LogP) is 4.40. The maximum atomic E-state index is 13.7. The lowest BCUT2D eigenvalue weighted by atomic mass is 9.90. The number of esters is 1. The topological polar surface area (TPSA) is 122 Å². The predicted molar refractivity (Wildman–Crippen MR) is 132 cm³/mol. The van der Waals surface area contributed by atoms with Crippen molar-refractivity contribution in [2.45, 2.75) is 36.9 Å². The number of ketones is 2. The highest BCUT2D eigenvalue weighted by Gasteiger charge is 2.33. The zero-order valence-corrected chi connectivity index (χ0v) is 21.3. The van der Waals surface area contributed by atoms with Gasteiger partial charge >= 0.3 is 5.97 Å². The molecule has 0 bridgehead atoms. The summed E-state index contributed by atoms with van der Waals surface area (Å²) in [5.41, 5.74) is -0.173. The van der Waals surface area contributed by atoms with Gasteiger partial charge in [-0.3, -0.25) is 9.59 Å². The van der Waals surface area contributed by atoms with Crippen molar-refractivity contribution in [1.82, 2.24) is 0 Å². The summed E-state index contributed by atoms with van der Waals surface area (Å²) in [5, 5.41) is -0.300. The summed E-state index contributed by atoms with van der Waals surface area (Å²) >= 11 is 6.40. The Bertz CT molecular complexity index is 1390. The average Bonchev–Trinajstić information content (AvgIpc) is 3.38. The van der Waals surface area contributed by atoms with Crippen molar-refractivity contribution in [3.05, 3.63) is 82.5 Å². The molecule has 0 spiro atoms. The van der Waals surface area contributed by atoms with E-state index in [1.54, 1.807) is 30.3 Å². The van der Waals surface area contributed by atoms with E-state index in [-0.39, 0.29) is 64.0 Å². The molecule has 9 nitrogen and oxygen atoms in total. The van der Waals surface area contributed by atoms with Gasteiger partial charge in [-0.05, 0) is 30.7 Å². The highest BCUT2D eigenvalue weighted by molar-refractivity contribution is 7.90. The molecule has 1 heterocycles. The number of ether oxygens (including phenoxy) is 4. The van der Waals surface area contributed by atoms with Crippen LogP contribution in [0.4, 0.5) is 0 Å². The van der Waals surface area contributed by atoms with Gasteiger partial charge in [0.25, 0.3) is 0 Å². The molecule has 0 fully saturated rings. The first kappa shape index (κ1) is 26.4. The lowest BCUT2D eigenvalue weighted by molar-refractivity contribution is -0.116. The minimum atomic E-state index is -3.76. The van der Waals surface area contributed by atoms with E-state index < -0.39 is 33.7 Å². The quantitative estimate of drug-likeness (QED) is 0.256. The molecular weight excluding hydrogens is 524 g/mol. The summed E-state index contributed by atoms with van der Waals surface area (Å²) < 4.78 is 46.1. The van der Waals surface area contributed by atoms with Gasteiger partial charge in [-0.1, -0.05) is 29.8 Å². The zero-order chi connectivity index (χ0) is 26.6. The van der Waals surface area contributed by atoms with Crippen molar-refractivity contribution in [2.24, 2.45) is 0 Å². The third-order valence-corrected chi connectivity index (χ3v) is 7.27. The van der Waals surface area contributed by atoms with Crippen molar-refractivity contribution in [2.75, 3.05) is 12.9 Å². The van der Waals surface area contributed by atoms with Crippen LogP contribution in [0.1, 0.15) is 46.4 Å². The molecule has 11 heteroatoms. The molecule has 0 saturated heterocycles. The number of halogens is 1. The second-order valence-corrected chi connectivity index (χ2v) is 10.7. The Hall–Kier alpha value is -3.63. The molecule has 0 aromatic heterocycles. The number of carbonyl (C=O) groups is 3. The van der Waals surface area contributed by atoms with E-state index in [0.717, 1.165) is 6.26 Å². The van der Waals surface area contributed by atoms with Gasteiger partial charge in [0.1, 0.15) is 34.6 Å². The Morgan fingerprint density at radius 2 is 1.76 bits per heavy atom. The molecule has 0 atom stereocenters. The van der Waals surface area contributed by atoms with Crippen molar-refractivity contribution >= 4 is 39.0 Å². The highest BCUT2D eigenvalue weighted by atomic mass is 35.5. The third kappa shape index (κ3) is 6.03. The second kappa shape index (κ2) is 11.2. The Labute approximate surface area is 218 Å². The molecule has 1 aliphatic carbocycles. The van der Waals surface area contributed by atoms with E-state index in [2.05, 4.69) is 0 Å². The largest absolute Gasteiger partial charge is 0.491 e. The summed E-state index contributed by atoms with van der Waals surface area (Å²) in [6, 6.07) is 10.6. The van der Waals surface area contributed by atoms with Crippen LogP contribution in [0, 0.1) is 0 Å². The first-order valence-corrected chi connectivity index (χ1v) is 13.6. The van der Waals surface area contributed by atoms with Crippen LogP contribution >= 0.6 is 11.6 Å². The summed E-state index contributed by atoms with van der Waals surface area (Å²) in [6.07, 6.45) is 4.03. The number of carbonyl (C=O) groups excluding carboxylic acids is 3. The molecule has 0 unspecified atom stereocenters.